The van der Waals surface area contributed by atoms with Crippen molar-refractivity contribution >= 4 is 58.5 Å². The van der Waals surface area contributed by atoms with Gasteiger partial charge in [-0.1, -0.05) is 44.6 Å². The predicted octanol–water partition coefficient (Wildman–Crippen LogP) is 3.93. The molecule has 0 aromatic heterocycles. The summed E-state index contributed by atoms with van der Waals surface area (Å²) in [7, 11) is 0. The van der Waals surface area contributed by atoms with E-state index in [4.69, 9.17) is 0 Å². The molecule has 9 heavy (non-hydrogen) atoms. The Morgan fingerprint density at radius 3 is 0.444 bits per heavy atom. The second-order valence-electron chi connectivity index (χ2n) is 0. The van der Waals surface area contributed by atoms with E-state index < -0.39 is 0 Å². The standard InChI is InChI=1S/6CH4.ClH.2Mg.4H/h6*1H4;1H;;;;;;/q;;;;;;;2*+2;4*-1. The molecule has 0 saturated carbocycles. The van der Waals surface area contributed by atoms with Crippen LogP contribution in [0, 0.1) is 0 Å². The van der Waals surface area contributed by atoms with E-state index >= 15 is 0 Å². The second-order valence-corrected chi connectivity index (χ2v) is 0. The Balaban J connectivity index is 0. The zero-order chi connectivity index (χ0) is 0. The molecule has 0 atom stereocenters. The minimum Gasteiger partial charge on any atom is -1.00 e. The summed E-state index contributed by atoms with van der Waals surface area (Å²) >= 11 is 0. The van der Waals surface area contributed by atoms with Crippen LogP contribution < -0.4 is 0 Å². The molecule has 0 saturated heterocycles. The Morgan fingerprint density at radius 2 is 0.444 bits per heavy atom. The molecule has 0 aliphatic carbocycles. The molecule has 0 aromatic carbocycles. The molecule has 0 nitrogen and oxygen atoms in total. The average molecular weight is 185 g/mol. The van der Waals surface area contributed by atoms with Gasteiger partial charge in [-0.05, 0) is 0 Å². The summed E-state index contributed by atoms with van der Waals surface area (Å²) in [5.74, 6) is 0. The van der Waals surface area contributed by atoms with Crippen LogP contribution in [0.5, 0.6) is 0 Å². The first-order valence-corrected chi connectivity index (χ1v) is 0. The smallest absolute Gasteiger partial charge is 1.00 e. The number of halogens is 1. The van der Waals surface area contributed by atoms with Gasteiger partial charge < -0.3 is 5.71 Å². The number of hydrogen-bond acceptors (Lipinski definition) is 0. The predicted molar refractivity (Wildman–Crippen MR) is 63.6 cm³/mol. The van der Waals surface area contributed by atoms with Crippen LogP contribution in [0.15, 0.2) is 0 Å². The summed E-state index contributed by atoms with van der Waals surface area (Å²) in [4.78, 5) is 0. The minimum atomic E-state index is 0. The molecule has 0 bridgehead atoms. The summed E-state index contributed by atoms with van der Waals surface area (Å²) in [6, 6.07) is 0. The van der Waals surface area contributed by atoms with Crippen LogP contribution >= 0.6 is 12.4 Å². The quantitative estimate of drug-likeness (QED) is 0.502. The van der Waals surface area contributed by atoms with Crippen molar-refractivity contribution in [2.24, 2.45) is 0 Å². The van der Waals surface area contributed by atoms with E-state index in [-0.39, 0.29) is 109 Å². The molecule has 3 heteroatoms. The molecule has 64 valence electrons. The van der Waals surface area contributed by atoms with Crippen molar-refractivity contribution in [3.05, 3.63) is 0 Å². The van der Waals surface area contributed by atoms with Gasteiger partial charge in [-0.15, -0.1) is 12.4 Å². The van der Waals surface area contributed by atoms with Crippen molar-refractivity contribution < 1.29 is 5.71 Å². The van der Waals surface area contributed by atoms with Crippen LogP contribution in [0.2, 0.25) is 0 Å². The molecule has 0 fully saturated rings. The normalized spacial score (nSPS) is 0. The monoisotopic (exact) mass is 184 g/mol. The van der Waals surface area contributed by atoms with E-state index in [1.807, 2.05) is 0 Å². The van der Waals surface area contributed by atoms with Crippen LogP contribution in [-0.2, 0) is 0 Å². The molecule has 0 N–H and O–H groups in total. The van der Waals surface area contributed by atoms with E-state index in [2.05, 4.69) is 0 Å². The molecule has 0 rings (SSSR count). The van der Waals surface area contributed by atoms with Crippen molar-refractivity contribution in [1.82, 2.24) is 0 Å². The molecule has 0 unspecified atom stereocenters. The Kier molecular flexibility index (Phi) is 8040. The van der Waals surface area contributed by atoms with Crippen LogP contribution in [0.1, 0.15) is 50.3 Å². The Labute approximate surface area is 108 Å². The summed E-state index contributed by atoms with van der Waals surface area (Å²) in [5, 5.41) is 0. The van der Waals surface area contributed by atoms with Gasteiger partial charge in [0, 0.05) is 0 Å². The van der Waals surface area contributed by atoms with E-state index in [1.54, 1.807) is 0 Å². The molecule has 0 aliphatic heterocycles. The first-order valence-electron chi connectivity index (χ1n) is 0. The van der Waals surface area contributed by atoms with Crippen LogP contribution in [0.3, 0.4) is 0 Å². The molecule has 0 amide bonds. The van der Waals surface area contributed by atoms with Gasteiger partial charge in [-0.3, -0.25) is 0 Å². The summed E-state index contributed by atoms with van der Waals surface area (Å²) in [5.41, 5.74) is 0. The summed E-state index contributed by atoms with van der Waals surface area (Å²) in [6.45, 7) is 0. The maximum absolute atomic E-state index is 0. The number of hydrogen-bond donors (Lipinski definition) is 0. The SMILES string of the molecule is C.C.C.C.C.C.Cl.[H-].[H-].[H-].[H-].[Mg+2].[Mg+2]. The maximum Gasteiger partial charge on any atom is 2.00 e. The van der Waals surface area contributed by atoms with E-state index in [0.717, 1.165) is 0 Å². The zero-order valence-electron chi connectivity index (χ0n) is 5.82. The van der Waals surface area contributed by atoms with Gasteiger partial charge in [0.25, 0.3) is 0 Å². The summed E-state index contributed by atoms with van der Waals surface area (Å²) < 4.78 is 0. The van der Waals surface area contributed by atoms with Gasteiger partial charge in [0.2, 0.25) is 0 Å². The van der Waals surface area contributed by atoms with Crippen molar-refractivity contribution in [2.75, 3.05) is 0 Å². The fraction of sp³-hybridized carbons (Fsp3) is 1.00. The van der Waals surface area contributed by atoms with Crippen molar-refractivity contribution in [3.8, 4) is 0 Å². The summed E-state index contributed by atoms with van der Waals surface area (Å²) in [6.07, 6.45) is 0. The van der Waals surface area contributed by atoms with Crippen molar-refractivity contribution in [3.63, 3.8) is 0 Å². The number of rotatable bonds is 0. The molecule has 0 spiro atoms. The first-order chi connectivity index (χ1) is 0. The third-order valence-corrected chi connectivity index (χ3v) is 0. The van der Waals surface area contributed by atoms with Crippen LogP contribution in [0.4, 0.5) is 0 Å². The van der Waals surface area contributed by atoms with Gasteiger partial charge in [0.1, 0.15) is 0 Å². The molecular formula is C6H29ClMg2. The maximum atomic E-state index is 0. The van der Waals surface area contributed by atoms with Gasteiger partial charge in [0.05, 0.1) is 0 Å². The fourth-order valence-electron chi connectivity index (χ4n) is 0. The Hall–Kier alpha value is 1.82. The average Bonchev–Trinajstić information content (AvgIpc) is 0. The topological polar surface area (TPSA) is 0 Å². The minimum absolute atomic E-state index is 0. The third-order valence-electron chi connectivity index (χ3n) is 0. The van der Waals surface area contributed by atoms with Gasteiger partial charge >= 0.3 is 46.1 Å². The zero-order valence-corrected chi connectivity index (χ0v) is 5.47. The second kappa shape index (κ2) is 230. The van der Waals surface area contributed by atoms with Gasteiger partial charge in [-0.2, -0.15) is 0 Å². The first kappa shape index (κ1) is 314. The largest absolute Gasteiger partial charge is 2.00 e. The van der Waals surface area contributed by atoms with E-state index in [9.17, 15) is 0 Å². The Bertz CT molecular complexity index is 22.6. The van der Waals surface area contributed by atoms with Crippen LogP contribution in [0.25, 0.3) is 0 Å². The van der Waals surface area contributed by atoms with Crippen molar-refractivity contribution in [1.29, 1.82) is 0 Å². The Morgan fingerprint density at radius 1 is 0.444 bits per heavy atom. The molecule has 0 radical (unpaired) electrons. The fourth-order valence-corrected chi connectivity index (χ4v) is 0. The van der Waals surface area contributed by atoms with Gasteiger partial charge in [0.15, 0.2) is 0 Å². The van der Waals surface area contributed by atoms with Gasteiger partial charge in [-0.25, -0.2) is 0 Å². The van der Waals surface area contributed by atoms with E-state index in [1.165, 1.54) is 0 Å². The van der Waals surface area contributed by atoms with Crippen molar-refractivity contribution in [2.45, 2.75) is 44.6 Å². The molecular weight excluding hydrogens is 156 g/mol. The van der Waals surface area contributed by atoms with Crippen LogP contribution in [-0.4, -0.2) is 46.1 Å². The molecule has 0 heterocycles. The molecule has 0 aliphatic rings. The van der Waals surface area contributed by atoms with E-state index in [0.29, 0.717) is 0 Å². The third kappa shape index (κ3) is 181. The molecule has 0 aromatic rings.